The number of rotatable bonds is 7. The van der Waals surface area contributed by atoms with Crippen molar-refractivity contribution in [3.05, 3.63) is 47.8 Å². The first-order valence-electron chi connectivity index (χ1n) is 10.5. The maximum atomic E-state index is 13.9. The maximum absolute atomic E-state index is 13.9. The smallest absolute Gasteiger partial charge is 0.419 e. The van der Waals surface area contributed by atoms with Crippen LogP contribution in [-0.2, 0) is 6.18 Å². The fourth-order valence-electron chi connectivity index (χ4n) is 3.98. The SMILES string of the molecule is CC(C)CC(C)(N)COc1ccc(-c2ccnc3cc(C4CC4)nn23)cc1C(F)(F)F. The number of alkyl halides is 3. The molecule has 1 fully saturated rings. The molecule has 4 rings (SSSR count). The second-order valence-corrected chi connectivity index (χ2v) is 9.19. The Bertz CT molecular complexity index is 1080. The van der Waals surface area contributed by atoms with Crippen LogP contribution < -0.4 is 10.5 Å². The van der Waals surface area contributed by atoms with Gasteiger partial charge in [0.2, 0.25) is 0 Å². The molecule has 0 radical (unpaired) electrons. The number of hydrogen-bond donors (Lipinski definition) is 1. The molecule has 166 valence electrons. The quantitative estimate of drug-likeness (QED) is 0.540. The Morgan fingerprint density at radius 1 is 1.19 bits per heavy atom. The molecule has 2 aromatic heterocycles. The summed E-state index contributed by atoms with van der Waals surface area (Å²) in [6.45, 7) is 5.81. The van der Waals surface area contributed by atoms with Crippen molar-refractivity contribution in [2.75, 3.05) is 6.61 Å². The Labute approximate surface area is 179 Å². The van der Waals surface area contributed by atoms with Gasteiger partial charge in [0.25, 0.3) is 0 Å². The molecule has 0 saturated heterocycles. The zero-order valence-electron chi connectivity index (χ0n) is 17.9. The Kier molecular flexibility index (Phi) is 5.45. The van der Waals surface area contributed by atoms with Crippen molar-refractivity contribution in [2.24, 2.45) is 11.7 Å². The average molecular weight is 432 g/mol. The largest absolute Gasteiger partial charge is 0.491 e. The maximum Gasteiger partial charge on any atom is 0.419 e. The van der Waals surface area contributed by atoms with Crippen molar-refractivity contribution in [2.45, 2.75) is 57.7 Å². The highest BCUT2D eigenvalue weighted by Gasteiger charge is 2.36. The van der Waals surface area contributed by atoms with E-state index in [1.165, 1.54) is 6.07 Å². The van der Waals surface area contributed by atoms with E-state index in [1.807, 2.05) is 19.9 Å². The first-order chi connectivity index (χ1) is 14.5. The van der Waals surface area contributed by atoms with E-state index in [4.69, 9.17) is 10.5 Å². The lowest BCUT2D eigenvalue weighted by Gasteiger charge is -2.27. The number of aromatic nitrogens is 3. The van der Waals surface area contributed by atoms with Crippen molar-refractivity contribution in [3.8, 4) is 17.0 Å². The summed E-state index contributed by atoms with van der Waals surface area (Å²) in [5, 5.41) is 4.59. The topological polar surface area (TPSA) is 65.4 Å². The van der Waals surface area contributed by atoms with E-state index >= 15 is 0 Å². The van der Waals surface area contributed by atoms with Crippen LogP contribution in [0, 0.1) is 5.92 Å². The third kappa shape index (κ3) is 4.84. The van der Waals surface area contributed by atoms with Crippen molar-refractivity contribution in [1.82, 2.24) is 14.6 Å². The number of nitrogens with two attached hydrogens (primary N) is 1. The van der Waals surface area contributed by atoms with Crippen LogP contribution in [0.1, 0.15) is 57.2 Å². The molecular formula is C23H27F3N4O. The van der Waals surface area contributed by atoms with Gasteiger partial charge in [-0.3, -0.25) is 0 Å². The third-order valence-electron chi connectivity index (χ3n) is 5.39. The lowest BCUT2D eigenvalue weighted by Crippen LogP contribution is -2.43. The molecule has 1 unspecified atom stereocenters. The molecule has 0 spiro atoms. The van der Waals surface area contributed by atoms with Gasteiger partial charge < -0.3 is 10.5 Å². The molecule has 31 heavy (non-hydrogen) atoms. The van der Waals surface area contributed by atoms with Crippen LogP contribution in [0.2, 0.25) is 0 Å². The summed E-state index contributed by atoms with van der Waals surface area (Å²) in [6, 6.07) is 7.67. The molecule has 8 heteroatoms. The zero-order chi connectivity index (χ0) is 22.4. The number of halogens is 3. The highest BCUT2D eigenvalue weighted by molar-refractivity contribution is 5.65. The van der Waals surface area contributed by atoms with Crippen molar-refractivity contribution < 1.29 is 17.9 Å². The Balaban J connectivity index is 1.68. The number of nitrogens with zero attached hydrogens (tertiary/aromatic N) is 3. The molecule has 0 bridgehead atoms. The summed E-state index contributed by atoms with van der Waals surface area (Å²) in [7, 11) is 0. The highest BCUT2D eigenvalue weighted by atomic mass is 19.4. The molecule has 0 amide bonds. The van der Waals surface area contributed by atoms with Crippen LogP contribution in [0.25, 0.3) is 16.9 Å². The molecular weight excluding hydrogens is 405 g/mol. The fraction of sp³-hybridized carbons (Fsp3) is 0.478. The van der Waals surface area contributed by atoms with Gasteiger partial charge in [-0.2, -0.15) is 18.3 Å². The van der Waals surface area contributed by atoms with Crippen molar-refractivity contribution in [1.29, 1.82) is 0 Å². The van der Waals surface area contributed by atoms with Gasteiger partial charge in [0.05, 0.1) is 17.0 Å². The van der Waals surface area contributed by atoms with Gasteiger partial charge in [-0.05, 0) is 56.4 Å². The van der Waals surface area contributed by atoms with Gasteiger partial charge >= 0.3 is 6.18 Å². The summed E-state index contributed by atoms with van der Waals surface area (Å²) in [5.74, 6) is 0.514. The minimum Gasteiger partial charge on any atom is -0.491 e. The van der Waals surface area contributed by atoms with E-state index in [-0.39, 0.29) is 12.4 Å². The minimum absolute atomic E-state index is 0.00296. The van der Waals surface area contributed by atoms with E-state index in [2.05, 4.69) is 10.1 Å². The van der Waals surface area contributed by atoms with E-state index in [9.17, 15) is 13.2 Å². The van der Waals surface area contributed by atoms with Gasteiger partial charge in [-0.1, -0.05) is 13.8 Å². The summed E-state index contributed by atoms with van der Waals surface area (Å²) in [4.78, 5) is 4.31. The molecule has 1 aliphatic carbocycles. The molecule has 1 saturated carbocycles. The van der Waals surface area contributed by atoms with Gasteiger partial charge in [0, 0.05) is 29.3 Å². The van der Waals surface area contributed by atoms with Crippen LogP contribution in [0.15, 0.2) is 36.5 Å². The first-order valence-corrected chi connectivity index (χ1v) is 10.5. The van der Waals surface area contributed by atoms with Crippen LogP contribution in [0.5, 0.6) is 5.75 Å². The van der Waals surface area contributed by atoms with Crippen LogP contribution in [0.4, 0.5) is 13.2 Å². The summed E-state index contributed by atoms with van der Waals surface area (Å²) in [5.41, 5.74) is 7.18. The number of ether oxygens (including phenoxy) is 1. The number of fused-ring (bicyclic) bond motifs is 1. The van der Waals surface area contributed by atoms with E-state index in [0.717, 1.165) is 24.6 Å². The lowest BCUT2D eigenvalue weighted by atomic mass is 9.93. The first kappa shape index (κ1) is 21.6. The normalized spacial score (nSPS) is 16.6. The van der Waals surface area contributed by atoms with Gasteiger partial charge in [0.1, 0.15) is 12.4 Å². The van der Waals surface area contributed by atoms with Crippen LogP contribution in [0.3, 0.4) is 0 Å². The molecule has 2 N–H and O–H groups in total. The fourth-order valence-corrected chi connectivity index (χ4v) is 3.98. The summed E-state index contributed by atoms with van der Waals surface area (Å²) < 4.78 is 48.8. The molecule has 0 aliphatic heterocycles. The van der Waals surface area contributed by atoms with Gasteiger partial charge in [-0.15, -0.1) is 0 Å². The lowest BCUT2D eigenvalue weighted by molar-refractivity contribution is -0.139. The molecule has 1 atom stereocenters. The van der Waals surface area contributed by atoms with Crippen LogP contribution >= 0.6 is 0 Å². The molecule has 3 aromatic rings. The van der Waals surface area contributed by atoms with Crippen molar-refractivity contribution in [3.63, 3.8) is 0 Å². The summed E-state index contributed by atoms with van der Waals surface area (Å²) >= 11 is 0. The van der Waals surface area contributed by atoms with E-state index in [1.54, 1.807) is 29.8 Å². The summed E-state index contributed by atoms with van der Waals surface area (Å²) in [6.07, 6.45) is -0.166. The third-order valence-corrected chi connectivity index (χ3v) is 5.39. The molecule has 2 heterocycles. The molecule has 5 nitrogen and oxygen atoms in total. The molecule has 1 aromatic carbocycles. The highest BCUT2D eigenvalue weighted by Crippen LogP contribution is 2.41. The zero-order valence-corrected chi connectivity index (χ0v) is 17.9. The Hall–Kier alpha value is -2.61. The van der Waals surface area contributed by atoms with Crippen LogP contribution in [-0.4, -0.2) is 26.7 Å². The predicted octanol–water partition coefficient (Wildman–Crippen LogP) is 5.43. The second kappa shape index (κ2) is 7.82. The Morgan fingerprint density at radius 2 is 1.94 bits per heavy atom. The minimum atomic E-state index is -4.57. The van der Waals surface area contributed by atoms with Crippen molar-refractivity contribution >= 4 is 5.65 Å². The number of hydrogen-bond acceptors (Lipinski definition) is 4. The van der Waals surface area contributed by atoms with E-state index < -0.39 is 17.3 Å². The Morgan fingerprint density at radius 3 is 2.58 bits per heavy atom. The average Bonchev–Trinajstić information content (AvgIpc) is 3.43. The van der Waals surface area contributed by atoms with Gasteiger partial charge in [0.15, 0.2) is 5.65 Å². The number of benzene rings is 1. The second-order valence-electron chi connectivity index (χ2n) is 9.19. The van der Waals surface area contributed by atoms with E-state index in [0.29, 0.717) is 35.2 Å². The molecule has 1 aliphatic rings. The monoisotopic (exact) mass is 432 g/mol. The van der Waals surface area contributed by atoms with Gasteiger partial charge in [-0.25, -0.2) is 9.50 Å². The standard InChI is InChI=1S/C23H27F3N4O/c1-14(2)12-22(3,27)13-31-20-7-6-16(10-17(20)23(24,25)26)19-8-9-28-21-11-18(15-4-5-15)29-30(19)21/h6-11,14-15H,4-5,12-13,27H2,1-3H3. The predicted molar refractivity (Wildman–Crippen MR) is 113 cm³/mol.